The number of rotatable bonds is 4. The molecule has 0 unspecified atom stereocenters. The summed E-state index contributed by atoms with van der Waals surface area (Å²) in [6, 6.07) is 8.91. The molecule has 0 atom stereocenters. The fraction of sp³-hybridized carbons (Fsp3) is 0.294. The molecule has 1 aromatic carbocycles. The molecule has 0 bridgehead atoms. The maximum Gasteiger partial charge on any atom is 0.264 e. The van der Waals surface area contributed by atoms with Gasteiger partial charge in [-0.15, -0.1) is 11.3 Å². The van der Waals surface area contributed by atoms with Crippen molar-refractivity contribution in [1.29, 1.82) is 0 Å². The van der Waals surface area contributed by atoms with Crippen LogP contribution in [0.5, 0.6) is 0 Å². The summed E-state index contributed by atoms with van der Waals surface area (Å²) in [7, 11) is 1.64. The summed E-state index contributed by atoms with van der Waals surface area (Å²) in [5.74, 6) is -0.349. The molecule has 0 aliphatic heterocycles. The largest absolute Gasteiger partial charge is 0.332 e. The molecule has 4 nitrogen and oxygen atoms in total. The predicted molar refractivity (Wildman–Crippen MR) is 93.4 cm³/mol. The number of thiophene rings is 1. The van der Waals surface area contributed by atoms with Gasteiger partial charge >= 0.3 is 0 Å². The Morgan fingerprint density at radius 3 is 2.87 bits per heavy atom. The van der Waals surface area contributed by atoms with Crippen molar-refractivity contribution < 1.29 is 9.59 Å². The minimum atomic E-state index is -0.243. The normalized spacial score (nSPS) is 12.8. The Morgan fingerprint density at radius 2 is 2.13 bits per heavy atom. The Bertz CT molecular complexity index is 735. The topological polar surface area (TPSA) is 49.4 Å². The Hall–Kier alpha value is -1.85. The molecule has 3 rings (SSSR count). The van der Waals surface area contributed by atoms with E-state index in [2.05, 4.69) is 5.32 Å². The van der Waals surface area contributed by atoms with E-state index in [1.165, 1.54) is 21.8 Å². The van der Waals surface area contributed by atoms with Crippen LogP contribution in [0.2, 0.25) is 5.02 Å². The number of halogens is 1. The van der Waals surface area contributed by atoms with Gasteiger partial charge in [0.05, 0.1) is 11.4 Å². The lowest BCUT2D eigenvalue weighted by molar-refractivity contribution is -0.116. The summed E-state index contributed by atoms with van der Waals surface area (Å²) >= 11 is 7.44. The number of nitrogens with zero attached hydrogens (tertiary/aromatic N) is 1. The zero-order valence-electron chi connectivity index (χ0n) is 12.8. The van der Waals surface area contributed by atoms with Crippen LogP contribution in [0, 0.1) is 0 Å². The van der Waals surface area contributed by atoms with Crippen LogP contribution in [0.15, 0.2) is 30.3 Å². The van der Waals surface area contributed by atoms with Gasteiger partial charge in [0.2, 0.25) is 5.91 Å². The van der Waals surface area contributed by atoms with Crippen LogP contribution in [-0.2, 0) is 17.6 Å². The van der Waals surface area contributed by atoms with Gasteiger partial charge in [-0.05, 0) is 49.1 Å². The molecule has 1 aliphatic rings. The number of benzene rings is 1. The number of hydrogen-bond acceptors (Lipinski definition) is 3. The molecule has 23 heavy (non-hydrogen) atoms. The van der Waals surface area contributed by atoms with Crippen molar-refractivity contribution in [1.82, 2.24) is 4.90 Å². The molecule has 1 aromatic heterocycles. The van der Waals surface area contributed by atoms with Gasteiger partial charge in [0.25, 0.3) is 5.91 Å². The summed E-state index contributed by atoms with van der Waals surface area (Å²) in [6.45, 7) is 0.00785. The molecule has 2 aromatic rings. The number of fused-ring (bicyclic) bond motifs is 1. The maximum absolute atomic E-state index is 12.4. The lowest BCUT2D eigenvalue weighted by Crippen LogP contribution is -2.34. The number of carbonyl (C=O) groups excluding carboxylic acids is 2. The number of carbonyl (C=O) groups is 2. The van der Waals surface area contributed by atoms with Crippen molar-refractivity contribution in [3.63, 3.8) is 0 Å². The molecule has 2 amide bonds. The summed E-state index contributed by atoms with van der Waals surface area (Å²) < 4.78 is 0. The van der Waals surface area contributed by atoms with Gasteiger partial charge in [0.1, 0.15) is 0 Å². The van der Waals surface area contributed by atoms with E-state index in [4.69, 9.17) is 11.6 Å². The third-order valence-electron chi connectivity index (χ3n) is 3.79. The molecule has 0 spiro atoms. The Balaban J connectivity index is 1.60. The van der Waals surface area contributed by atoms with Crippen LogP contribution in [0.4, 0.5) is 5.69 Å². The standard InChI is InChI=1S/C17H17ClN2O2S/c1-20(10-16(21)19-13-6-3-5-12(18)9-13)17(22)15-8-11-4-2-7-14(11)23-15/h3,5-6,8-9H,2,4,7,10H2,1H3,(H,19,21). The van der Waals surface area contributed by atoms with E-state index in [-0.39, 0.29) is 18.4 Å². The minimum absolute atomic E-state index is 0.00785. The number of anilines is 1. The van der Waals surface area contributed by atoms with Crippen LogP contribution in [-0.4, -0.2) is 30.3 Å². The van der Waals surface area contributed by atoms with Gasteiger partial charge < -0.3 is 10.2 Å². The predicted octanol–water partition coefficient (Wildman–Crippen LogP) is 3.60. The highest BCUT2D eigenvalue weighted by Gasteiger charge is 2.21. The minimum Gasteiger partial charge on any atom is -0.332 e. The summed E-state index contributed by atoms with van der Waals surface area (Å²) in [6.07, 6.45) is 3.29. The van der Waals surface area contributed by atoms with Gasteiger partial charge in [0, 0.05) is 22.6 Å². The third kappa shape index (κ3) is 3.74. The van der Waals surface area contributed by atoms with Gasteiger partial charge in [-0.1, -0.05) is 17.7 Å². The monoisotopic (exact) mass is 348 g/mol. The summed E-state index contributed by atoms with van der Waals surface area (Å²) in [5, 5.41) is 3.30. The zero-order valence-corrected chi connectivity index (χ0v) is 14.3. The highest BCUT2D eigenvalue weighted by atomic mass is 35.5. The fourth-order valence-corrected chi connectivity index (χ4v) is 4.12. The molecule has 0 saturated heterocycles. The molecular weight excluding hydrogens is 332 g/mol. The molecule has 0 fully saturated rings. The molecule has 6 heteroatoms. The van der Waals surface area contributed by atoms with Crippen LogP contribution in [0.3, 0.4) is 0 Å². The van der Waals surface area contributed by atoms with E-state index in [0.29, 0.717) is 15.6 Å². The smallest absolute Gasteiger partial charge is 0.264 e. The van der Waals surface area contributed by atoms with E-state index < -0.39 is 0 Å². The average Bonchev–Trinajstić information content (AvgIpc) is 3.07. The summed E-state index contributed by atoms with van der Waals surface area (Å²) in [5.41, 5.74) is 1.91. The lowest BCUT2D eigenvalue weighted by atomic mass is 10.2. The van der Waals surface area contributed by atoms with Crippen molar-refractivity contribution in [3.05, 3.63) is 50.7 Å². The van der Waals surface area contributed by atoms with Crippen LogP contribution < -0.4 is 5.32 Å². The van der Waals surface area contributed by atoms with Crippen LogP contribution >= 0.6 is 22.9 Å². The second-order valence-corrected chi connectivity index (χ2v) is 7.21. The first-order valence-electron chi connectivity index (χ1n) is 7.45. The molecule has 0 radical (unpaired) electrons. The van der Waals surface area contributed by atoms with E-state index in [1.54, 1.807) is 42.6 Å². The number of likely N-dealkylation sites (N-methyl/N-ethyl adjacent to an activating group) is 1. The number of amides is 2. The molecule has 1 N–H and O–H groups in total. The van der Waals surface area contributed by atoms with Crippen molar-refractivity contribution in [2.24, 2.45) is 0 Å². The Labute approximate surface area is 144 Å². The second kappa shape index (κ2) is 6.72. The second-order valence-electron chi connectivity index (χ2n) is 5.63. The molecular formula is C17H17ClN2O2S. The van der Waals surface area contributed by atoms with Crippen molar-refractivity contribution in [3.8, 4) is 0 Å². The van der Waals surface area contributed by atoms with Gasteiger partial charge in [-0.3, -0.25) is 9.59 Å². The quantitative estimate of drug-likeness (QED) is 0.917. The first-order chi connectivity index (χ1) is 11.0. The SMILES string of the molecule is CN(CC(=O)Nc1cccc(Cl)c1)C(=O)c1cc2c(s1)CCC2. The van der Waals surface area contributed by atoms with E-state index >= 15 is 0 Å². The van der Waals surface area contributed by atoms with Crippen LogP contribution in [0.1, 0.15) is 26.5 Å². The van der Waals surface area contributed by atoms with E-state index in [9.17, 15) is 9.59 Å². The Morgan fingerprint density at radius 1 is 1.30 bits per heavy atom. The lowest BCUT2D eigenvalue weighted by Gasteiger charge is -2.16. The highest BCUT2D eigenvalue weighted by molar-refractivity contribution is 7.14. The van der Waals surface area contributed by atoms with Gasteiger partial charge in [-0.25, -0.2) is 0 Å². The summed E-state index contributed by atoms with van der Waals surface area (Å²) in [4.78, 5) is 28.0. The number of aryl methyl sites for hydroxylation is 2. The van der Waals surface area contributed by atoms with Gasteiger partial charge in [-0.2, -0.15) is 0 Å². The third-order valence-corrected chi connectivity index (χ3v) is 5.25. The molecule has 0 saturated carbocycles. The molecule has 1 heterocycles. The fourth-order valence-electron chi connectivity index (χ4n) is 2.68. The van der Waals surface area contributed by atoms with Crippen LogP contribution in [0.25, 0.3) is 0 Å². The molecule has 1 aliphatic carbocycles. The van der Waals surface area contributed by atoms with Crippen molar-refractivity contribution in [2.45, 2.75) is 19.3 Å². The average molecular weight is 349 g/mol. The Kier molecular flexibility index (Phi) is 4.68. The first-order valence-corrected chi connectivity index (χ1v) is 8.65. The van der Waals surface area contributed by atoms with E-state index in [1.807, 2.05) is 6.07 Å². The highest BCUT2D eigenvalue weighted by Crippen LogP contribution is 2.31. The number of nitrogens with one attached hydrogen (secondary N) is 1. The maximum atomic E-state index is 12.4. The van der Waals surface area contributed by atoms with Gasteiger partial charge in [0.15, 0.2) is 0 Å². The first kappa shape index (κ1) is 16.0. The number of hydrogen-bond donors (Lipinski definition) is 1. The van der Waals surface area contributed by atoms with Crippen molar-refractivity contribution >= 4 is 40.4 Å². The zero-order chi connectivity index (χ0) is 16.4. The van der Waals surface area contributed by atoms with E-state index in [0.717, 1.165) is 12.8 Å². The molecule has 120 valence electrons. The van der Waals surface area contributed by atoms with Crippen molar-refractivity contribution in [2.75, 3.05) is 18.9 Å².